The molecule has 7 heteroatoms. The van der Waals surface area contributed by atoms with Crippen LogP contribution in [0.1, 0.15) is 5.56 Å². The summed E-state index contributed by atoms with van der Waals surface area (Å²) in [6.45, 7) is -0.451. The summed E-state index contributed by atoms with van der Waals surface area (Å²) < 4.78 is 10.7. The Balaban J connectivity index is 2.03. The van der Waals surface area contributed by atoms with Crippen LogP contribution in [-0.2, 0) is 11.2 Å². The molecule has 0 radical (unpaired) electrons. The largest absolute Gasteiger partial charge is 0.462 e. The minimum absolute atomic E-state index is 0.0485. The predicted octanol–water partition coefficient (Wildman–Crippen LogP) is -1.60. The standard InChI is InChI=1S/C14H20O7/c15-6-5-8-1-3-9(4-2-8)20-14-13(19)12(18)11(17)10(7-16)21-14/h1-4,10-19H,5-7H2. The minimum Gasteiger partial charge on any atom is -0.462 e. The van der Waals surface area contributed by atoms with E-state index in [0.29, 0.717) is 12.2 Å². The van der Waals surface area contributed by atoms with Gasteiger partial charge in [-0.2, -0.15) is 0 Å². The average Bonchev–Trinajstić information content (AvgIpc) is 2.50. The molecule has 0 saturated carbocycles. The number of benzene rings is 1. The summed E-state index contributed by atoms with van der Waals surface area (Å²) in [7, 11) is 0. The summed E-state index contributed by atoms with van der Waals surface area (Å²) in [6, 6.07) is 6.81. The third-order valence-electron chi connectivity index (χ3n) is 3.42. The van der Waals surface area contributed by atoms with Crippen molar-refractivity contribution in [3.05, 3.63) is 29.8 Å². The molecule has 118 valence electrons. The average molecular weight is 300 g/mol. The molecule has 21 heavy (non-hydrogen) atoms. The smallest absolute Gasteiger partial charge is 0.229 e. The van der Waals surface area contributed by atoms with Gasteiger partial charge in [-0.25, -0.2) is 0 Å². The zero-order chi connectivity index (χ0) is 15.4. The normalized spacial score (nSPS) is 32.9. The second-order valence-corrected chi connectivity index (χ2v) is 4.93. The van der Waals surface area contributed by atoms with Crippen molar-refractivity contribution in [1.82, 2.24) is 0 Å². The van der Waals surface area contributed by atoms with Crippen LogP contribution in [0.2, 0.25) is 0 Å². The molecular formula is C14H20O7. The number of hydrogen-bond donors (Lipinski definition) is 5. The van der Waals surface area contributed by atoms with Gasteiger partial charge in [-0.1, -0.05) is 12.1 Å². The fourth-order valence-corrected chi connectivity index (χ4v) is 2.16. The first-order valence-electron chi connectivity index (χ1n) is 6.73. The third kappa shape index (κ3) is 3.70. The van der Waals surface area contributed by atoms with Crippen LogP contribution in [0.5, 0.6) is 5.75 Å². The Labute approximate surface area is 122 Å². The summed E-state index contributed by atoms with van der Waals surface area (Å²) in [6.07, 6.45) is -5.96. The van der Waals surface area contributed by atoms with Crippen LogP contribution in [0.3, 0.4) is 0 Å². The molecule has 1 fully saturated rings. The van der Waals surface area contributed by atoms with E-state index in [1.165, 1.54) is 0 Å². The monoisotopic (exact) mass is 300 g/mol. The Bertz CT molecular complexity index is 433. The lowest BCUT2D eigenvalue weighted by Gasteiger charge is -2.39. The second kappa shape index (κ2) is 7.17. The molecule has 5 unspecified atom stereocenters. The van der Waals surface area contributed by atoms with E-state index in [4.69, 9.17) is 19.7 Å². The lowest BCUT2D eigenvalue weighted by Crippen LogP contribution is -2.60. The van der Waals surface area contributed by atoms with Crippen molar-refractivity contribution in [1.29, 1.82) is 0 Å². The summed E-state index contributed by atoms with van der Waals surface area (Å²) in [5, 5.41) is 47.1. The van der Waals surface area contributed by atoms with Crippen molar-refractivity contribution in [3.63, 3.8) is 0 Å². The van der Waals surface area contributed by atoms with Crippen LogP contribution >= 0.6 is 0 Å². The molecule has 0 amide bonds. The van der Waals surface area contributed by atoms with Gasteiger partial charge in [0.2, 0.25) is 6.29 Å². The van der Waals surface area contributed by atoms with Gasteiger partial charge in [-0.15, -0.1) is 0 Å². The first kappa shape index (κ1) is 16.2. The van der Waals surface area contributed by atoms with Crippen LogP contribution in [-0.4, -0.2) is 69.5 Å². The molecular weight excluding hydrogens is 280 g/mol. The van der Waals surface area contributed by atoms with E-state index in [-0.39, 0.29) is 6.61 Å². The van der Waals surface area contributed by atoms with Crippen LogP contribution < -0.4 is 4.74 Å². The molecule has 0 bridgehead atoms. The molecule has 2 rings (SSSR count). The summed E-state index contributed by atoms with van der Waals surface area (Å²) in [5.41, 5.74) is 0.929. The fraction of sp³-hybridized carbons (Fsp3) is 0.571. The van der Waals surface area contributed by atoms with Crippen molar-refractivity contribution < 1.29 is 35.0 Å². The number of rotatable bonds is 5. The maximum Gasteiger partial charge on any atom is 0.229 e. The topological polar surface area (TPSA) is 120 Å². The van der Waals surface area contributed by atoms with Gasteiger partial charge in [-0.3, -0.25) is 0 Å². The zero-order valence-electron chi connectivity index (χ0n) is 11.4. The SMILES string of the molecule is OCCc1ccc(OC2OC(CO)C(O)C(O)C2O)cc1. The van der Waals surface area contributed by atoms with Gasteiger partial charge in [0.25, 0.3) is 0 Å². The molecule has 1 aliphatic heterocycles. The second-order valence-electron chi connectivity index (χ2n) is 4.93. The van der Waals surface area contributed by atoms with E-state index < -0.39 is 37.3 Å². The van der Waals surface area contributed by atoms with Crippen LogP contribution in [0.25, 0.3) is 0 Å². The molecule has 1 aromatic carbocycles. The molecule has 1 aliphatic rings. The summed E-state index contributed by atoms with van der Waals surface area (Å²) >= 11 is 0. The van der Waals surface area contributed by atoms with Crippen molar-refractivity contribution in [2.24, 2.45) is 0 Å². The van der Waals surface area contributed by atoms with Crippen molar-refractivity contribution in [2.45, 2.75) is 37.1 Å². The molecule has 1 heterocycles. The molecule has 1 saturated heterocycles. The number of hydrogen-bond acceptors (Lipinski definition) is 7. The van der Waals surface area contributed by atoms with Crippen molar-refractivity contribution in [2.75, 3.05) is 13.2 Å². The van der Waals surface area contributed by atoms with Gasteiger partial charge in [-0.05, 0) is 24.1 Å². The van der Waals surface area contributed by atoms with E-state index in [0.717, 1.165) is 5.56 Å². The maximum atomic E-state index is 9.85. The Morgan fingerprint density at radius 1 is 0.952 bits per heavy atom. The summed E-state index contributed by atoms with van der Waals surface area (Å²) in [5.74, 6) is 0.404. The molecule has 1 aromatic rings. The van der Waals surface area contributed by atoms with Crippen molar-refractivity contribution >= 4 is 0 Å². The third-order valence-corrected chi connectivity index (χ3v) is 3.42. The van der Waals surface area contributed by atoms with E-state index >= 15 is 0 Å². The van der Waals surface area contributed by atoms with Gasteiger partial charge < -0.3 is 35.0 Å². The lowest BCUT2D eigenvalue weighted by molar-refractivity contribution is -0.277. The van der Waals surface area contributed by atoms with Gasteiger partial charge in [0.1, 0.15) is 30.2 Å². The molecule has 0 spiro atoms. The van der Waals surface area contributed by atoms with E-state index in [9.17, 15) is 15.3 Å². The first-order valence-corrected chi connectivity index (χ1v) is 6.73. The molecule has 5 atom stereocenters. The Morgan fingerprint density at radius 3 is 2.19 bits per heavy atom. The first-order chi connectivity index (χ1) is 10.1. The van der Waals surface area contributed by atoms with E-state index in [1.807, 2.05) is 0 Å². The zero-order valence-corrected chi connectivity index (χ0v) is 11.4. The Hall–Kier alpha value is -1.22. The van der Waals surface area contributed by atoms with Crippen LogP contribution in [0.15, 0.2) is 24.3 Å². The molecule has 5 N–H and O–H groups in total. The van der Waals surface area contributed by atoms with Crippen LogP contribution in [0, 0.1) is 0 Å². The highest BCUT2D eigenvalue weighted by molar-refractivity contribution is 5.27. The maximum absolute atomic E-state index is 9.85. The highest BCUT2D eigenvalue weighted by atomic mass is 16.7. The Morgan fingerprint density at radius 2 is 1.62 bits per heavy atom. The van der Waals surface area contributed by atoms with Gasteiger partial charge in [0, 0.05) is 6.61 Å². The molecule has 0 aromatic heterocycles. The highest BCUT2D eigenvalue weighted by Crippen LogP contribution is 2.24. The number of aliphatic hydroxyl groups is 5. The van der Waals surface area contributed by atoms with Crippen LogP contribution in [0.4, 0.5) is 0 Å². The van der Waals surface area contributed by atoms with E-state index in [1.54, 1.807) is 24.3 Å². The number of aliphatic hydroxyl groups excluding tert-OH is 5. The Kier molecular flexibility index (Phi) is 5.51. The number of ether oxygens (including phenoxy) is 2. The highest BCUT2D eigenvalue weighted by Gasteiger charge is 2.44. The van der Waals surface area contributed by atoms with Gasteiger partial charge >= 0.3 is 0 Å². The lowest BCUT2D eigenvalue weighted by atomic mass is 9.99. The van der Waals surface area contributed by atoms with E-state index in [2.05, 4.69) is 0 Å². The minimum atomic E-state index is -1.46. The molecule has 7 nitrogen and oxygen atoms in total. The van der Waals surface area contributed by atoms with Gasteiger partial charge in [0.15, 0.2) is 0 Å². The van der Waals surface area contributed by atoms with Crippen molar-refractivity contribution in [3.8, 4) is 5.75 Å². The van der Waals surface area contributed by atoms with Gasteiger partial charge in [0.05, 0.1) is 6.61 Å². The fourth-order valence-electron chi connectivity index (χ4n) is 2.16. The summed E-state index contributed by atoms with van der Waals surface area (Å²) in [4.78, 5) is 0. The molecule has 0 aliphatic carbocycles. The quantitative estimate of drug-likeness (QED) is 0.444. The predicted molar refractivity (Wildman–Crippen MR) is 71.6 cm³/mol.